The molecular formula is C15H21F2N3O. The lowest BCUT2D eigenvalue weighted by molar-refractivity contribution is 0.118. The van der Waals surface area contributed by atoms with E-state index in [9.17, 15) is 8.78 Å². The van der Waals surface area contributed by atoms with Gasteiger partial charge in [-0.1, -0.05) is 0 Å². The highest BCUT2D eigenvalue weighted by Crippen LogP contribution is 2.11. The van der Waals surface area contributed by atoms with Crippen LogP contribution in [0.3, 0.4) is 0 Å². The zero-order valence-corrected chi connectivity index (χ0v) is 11.9. The van der Waals surface area contributed by atoms with Crippen LogP contribution in [0.1, 0.15) is 24.8 Å². The fourth-order valence-corrected chi connectivity index (χ4v) is 2.31. The van der Waals surface area contributed by atoms with Crippen LogP contribution in [0.5, 0.6) is 0 Å². The Balaban J connectivity index is 1.65. The van der Waals surface area contributed by atoms with Gasteiger partial charge in [0, 0.05) is 19.2 Å². The molecule has 0 bridgehead atoms. The molecule has 3 N–H and O–H groups in total. The van der Waals surface area contributed by atoms with Crippen molar-refractivity contribution in [2.45, 2.75) is 31.8 Å². The summed E-state index contributed by atoms with van der Waals surface area (Å²) in [6, 6.07) is 3.56. The molecule has 1 aromatic carbocycles. The van der Waals surface area contributed by atoms with E-state index in [0.29, 0.717) is 31.0 Å². The second-order valence-corrected chi connectivity index (χ2v) is 5.17. The number of aryl methyl sites for hydroxylation is 1. The number of ether oxygens (including phenoxy) is 1. The van der Waals surface area contributed by atoms with E-state index in [1.54, 1.807) is 0 Å². The van der Waals surface area contributed by atoms with Crippen molar-refractivity contribution in [2.75, 3.05) is 19.7 Å². The first-order chi connectivity index (χ1) is 10.1. The average molecular weight is 297 g/mol. The lowest BCUT2D eigenvalue weighted by atomic mass is 10.1. The van der Waals surface area contributed by atoms with Crippen molar-refractivity contribution >= 4 is 5.96 Å². The first kappa shape index (κ1) is 15.7. The SMILES string of the molecule is NC(=NCC1CCCO1)NCCCc1cc(F)cc(F)c1. The van der Waals surface area contributed by atoms with E-state index in [2.05, 4.69) is 10.3 Å². The smallest absolute Gasteiger partial charge is 0.188 e. The van der Waals surface area contributed by atoms with Gasteiger partial charge in [0.05, 0.1) is 12.6 Å². The molecule has 116 valence electrons. The first-order valence-electron chi connectivity index (χ1n) is 7.24. The maximum absolute atomic E-state index is 13.0. The summed E-state index contributed by atoms with van der Waals surface area (Å²) in [5.41, 5.74) is 6.39. The number of rotatable bonds is 6. The molecule has 0 radical (unpaired) electrons. The lowest BCUT2D eigenvalue weighted by Crippen LogP contribution is -2.33. The minimum Gasteiger partial charge on any atom is -0.376 e. The second-order valence-electron chi connectivity index (χ2n) is 5.17. The minimum atomic E-state index is -0.546. The van der Waals surface area contributed by atoms with E-state index < -0.39 is 11.6 Å². The van der Waals surface area contributed by atoms with Crippen LogP contribution in [-0.4, -0.2) is 31.8 Å². The third kappa shape index (κ3) is 5.67. The van der Waals surface area contributed by atoms with Crippen LogP contribution >= 0.6 is 0 Å². The number of hydrogen-bond donors (Lipinski definition) is 2. The predicted molar refractivity (Wildman–Crippen MR) is 78.1 cm³/mol. The molecule has 1 fully saturated rings. The van der Waals surface area contributed by atoms with Gasteiger partial charge < -0.3 is 15.8 Å². The number of hydrogen-bond acceptors (Lipinski definition) is 2. The molecule has 1 saturated heterocycles. The molecule has 1 aromatic rings. The lowest BCUT2D eigenvalue weighted by Gasteiger charge is -2.08. The Kier molecular flexibility index (Phi) is 5.92. The maximum atomic E-state index is 13.0. The molecule has 0 spiro atoms. The van der Waals surface area contributed by atoms with Crippen molar-refractivity contribution in [1.82, 2.24) is 5.32 Å². The van der Waals surface area contributed by atoms with Crippen molar-refractivity contribution in [3.8, 4) is 0 Å². The molecule has 4 nitrogen and oxygen atoms in total. The van der Waals surface area contributed by atoms with Crippen LogP contribution in [0.15, 0.2) is 23.2 Å². The maximum Gasteiger partial charge on any atom is 0.188 e. The zero-order chi connectivity index (χ0) is 15.1. The van der Waals surface area contributed by atoms with Crippen molar-refractivity contribution in [3.05, 3.63) is 35.4 Å². The normalized spacial score (nSPS) is 19.0. The highest BCUT2D eigenvalue weighted by atomic mass is 19.1. The topological polar surface area (TPSA) is 59.6 Å². The van der Waals surface area contributed by atoms with E-state index in [4.69, 9.17) is 10.5 Å². The zero-order valence-electron chi connectivity index (χ0n) is 11.9. The third-order valence-electron chi connectivity index (χ3n) is 3.36. The van der Waals surface area contributed by atoms with Crippen molar-refractivity contribution in [1.29, 1.82) is 0 Å². The van der Waals surface area contributed by atoms with Crippen LogP contribution in [0, 0.1) is 11.6 Å². The van der Waals surface area contributed by atoms with Gasteiger partial charge in [0.15, 0.2) is 5.96 Å². The predicted octanol–water partition coefficient (Wildman–Crippen LogP) is 1.98. The highest BCUT2D eigenvalue weighted by Gasteiger charge is 2.14. The van der Waals surface area contributed by atoms with E-state index >= 15 is 0 Å². The monoisotopic (exact) mass is 297 g/mol. The van der Waals surface area contributed by atoms with E-state index in [-0.39, 0.29) is 6.10 Å². The Morgan fingerprint density at radius 3 is 2.76 bits per heavy atom. The van der Waals surface area contributed by atoms with Gasteiger partial charge in [-0.3, -0.25) is 4.99 Å². The largest absolute Gasteiger partial charge is 0.376 e. The first-order valence-corrected chi connectivity index (χ1v) is 7.24. The van der Waals surface area contributed by atoms with Crippen LogP contribution in [-0.2, 0) is 11.2 Å². The van der Waals surface area contributed by atoms with Gasteiger partial charge in [0.1, 0.15) is 11.6 Å². The number of halogens is 2. The summed E-state index contributed by atoms with van der Waals surface area (Å²) in [6.45, 7) is 1.99. The number of aliphatic imine (C=N–C) groups is 1. The number of nitrogens with two attached hydrogens (primary N) is 1. The summed E-state index contributed by atoms with van der Waals surface area (Å²) < 4.78 is 31.5. The van der Waals surface area contributed by atoms with Gasteiger partial charge in [-0.05, 0) is 43.4 Å². The molecule has 1 unspecified atom stereocenters. The third-order valence-corrected chi connectivity index (χ3v) is 3.36. The Hall–Kier alpha value is -1.69. The van der Waals surface area contributed by atoms with Gasteiger partial charge in [-0.15, -0.1) is 0 Å². The molecule has 0 aliphatic carbocycles. The molecule has 1 aliphatic heterocycles. The summed E-state index contributed by atoms with van der Waals surface area (Å²) in [7, 11) is 0. The Morgan fingerprint density at radius 2 is 2.10 bits per heavy atom. The molecule has 21 heavy (non-hydrogen) atoms. The summed E-state index contributed by atoms with van der Waals surface area (Å²) in [4.78, 5) is 4.22. The summed E-state index contributed by atoms with van der Waals surface area (Å²) in [5.74, 6) is -0.706. The highest BCUT2D eigenvalue weighted by molar-refractivity contribution is 5.77. The quantitative estimate of drug-likeness (QED) is 0.479. The Morgan fingerprint density at radius 1 is 1.33 bits per heavy atom. The Labute approximate surface area is 123 Å². The second kappa shape index (κ2) is 7.93. The van der Waals surface area contributed by atoms with Gasteiger partial charge in [0.2, 0.25) is 0 Å². The molecule has 0 amide bonds. The number of benzene rings is 1. The molecule has 0 saturated carbocycles. The summed E-state index contributed by atoms with van der Waals surface area (Å²) in [6.07, 6.45) is 3.60. The Bertz CT molecular complexity index is 468. The number of guanidine groups is 1. The molecule has 1 aliphatic rings. The molecule has 1 heterocycles. The molecule has 1 atom stereocenters. The van der Waals surface area contributed by atoms with Crippen molar-refractivity contribution in [2.24, 2.45) is 10.7 Å². The number of nitrogens with zero attached hydrogens (tertiary/aromatic N) is 1. The van der Waals surface area contributed by atoms with Crippen LogP contribution in [0.4, 0.5) is 8.78 Å². The molecular weight excluding hydrogens is 276 g/mol. The standard InChI is InChI=1S/C15H21F2N3O/c16-12-7-11(8-13(17)9-12)3-1-5-19-15(18)20-10-14-4-2-6-21-14/h7-9,14H,1-6,10H2,(H3,18,19,20). The van der Waals surface area contributed by atoms with Crippen LogP contribution in [0.2, 0.25) is 0 Å². The number of nitrogens with one attached hydrogen (secondary N) is 1. The van der Waals surface area contributed by atoms with Crippen LogP contribution in [0.25, 0.3) is 0 Å². The minimum absolute atomic E-state index is 0.181. The average Bonchev–Trinajstić information content (AvgIpc) is 2.93. The van der Waals surface area contributed by atoms with Gasteiger partial charge in [-0.2, -0.15) is 0 Å². The van der Waals surface area contributed by atoms with Crippen molar-refractivity contribution < 1.29 is 13.5 Å². The molecule has 0 aromatic heterocycles. The van der Waals surface area contributed by atoms with Gasteiger partial charge in [0.25, 0.3) is 0 Å². The summed E-state index contributed by atoms with van der Waals surface area (Å²) in [5, 5.41) is 2.99. The van der Waals surface area contributed by atoms with E-state index in [1.807, 2.05) is 0 Å². The summed E-state index contributed by atoms with van der Waals surface area (Å²) >= 11 is 0. The van der Waals surface area contributed by atoms with E-state index in [1.165, 1.54) is 12.1 Å². The van der Waals surface area contributed by atoms with Crippen LogP contribution < -0.4 is 11.1 Å². The molecule has 2 rings (SSSR count). The van der Waals surface area contributed by atoms with Crippen molar-refractivity contribution in [3.63, 3.8) is 0 Å². The molecule has 6 heteroatoms. The van der Waals surface area contributed by atoms with E-state index in [0.717, 1.165) is 31.9 Å². The van der Waals surface area contributed by atoms with Gasteiger partial charge in [-0.25, -0.2) is 8.78 Å². The fraction of sp³-hybridized carbons (Fsp3) is 0.533. The van der Waals surface area contributed by atoms with Gasteiger partial charge >= 0.3 is 0 Å². The fourth-order valence-electron chi connectivity index (χ4n) is 2.31.